The van der Waals surface area contributed by atoms with Crippen LogP contribution in [0.4, 0.5) is 0 Å². The summed E-state index contributed by atoms with van der Waals surface area (Å²) in [6.45, 7) is 2.14. The van der Waals surface area contributed by atoms with Crippen molar-refractivity contribution in [1.82, 2.24) is 4.98 Å². The number of aromatic nitrogens is 1. The largest absolute Gasteiger partial charge is 0.243 e. The molecule has 1 aromatic rings. The summed E-state index contributed by atoms with van der Waals surface area (Å²) < 4.78 is 0.934. The Labute approximate surface area is 79.9 Å². The Morgan fingerprint density at radius 1 is 1.64 bits per heavy atom. The number of aryl methyl sites for hydroxylation is 1. The Bertz CT molecular complexity index is 250. The highest BCUT2D eigenvalue weighted by atomic mass is 79.9. The fraction of sp³-hybridized carbons (Fsp3) is 0.375. The summed E-state index contributed by atoms with van der Waals surface area (Å²) in [5, 5.41) is 0.552. The van der Waals surface area contributed by atoms with E-state index in [-0.39, 0.29) is 0 Å². The standard InChI is InChI=1S/C8H9BrClN/c1-2-3-6-4-5-11-8(10)7(6)9/h4-5H,2-3H2,1H3. The van der Waals surface area contributed by atoms with Gasteiger partial charge in [0.15, 0.2) is 0 Å². The summed E-state index contributed by atoms with van der Waals surface area (Å²) in [5.41, 5.74) is 1.23. The molecule has 0 unspecified atom stereocenters. The molecule has 0 aliphatic rings. The summed E-state index contributed by atoms with van der Waals surface area (Å²) in [7, 11) is 0. The van der Waals surface area contributed by atoms with Gasteiger partial charge in [-0.15, -0.1) is 0 Å². The Morgan fingerprint density at radius 3 is 3.00 bits per heavy atom. The van der Waals surface area contributed by atoms with Crippen LogP contribution in [0.15, 0.2) is 16.7 Å². The van der Waals surface area contributed by atoms with Crippen molar-refractivity contribution in [1.29, 1.82) is 0 Å². The van der Waals surface area contributed by atoms with E-state index in [4.69, 9.17) is 11.6 Å². The summed E-state index contributed by atoms with van der Waals surface area (Å²) in [4.78, 5) is 3.94. The molecule has 0 fully saturated rings. The molecule has 0 bridgehead atoms. The predicted molar refractivity (Wildman–Crippen MR) is 50.9 cm³/mol. The van der Waals surface area contributed by atoms with E-state index in [2.05, 4.69) is 27.8 Å². The molecule has 0 saturated carbocycles. The molecule has 0 atom stereocenters. The van der Waals surface area contributed by atoms with Gasteiger partial charge in [0.2, 0.25) is 0 Å². The van der Waals surface area contributed by atoms with E-state index < -0.39 is 0 Å². The summed E-state index contributed by atoms with van der Waals surface area (Å²) in [6.07, 6.45) is 3.90. The van der Waals surface area contributed by atoms with Crippen LogP contribution < -0.4 is 0 Å². The topological polar surface area (TPSA) is 12.9 Å². The minimum absolute atomic E-state index is 0.552. The molecule has 0 radical (unpaired) electrons. The van der Waals surface area contributed by atoms with Crippen molar-refractivity contribution in [3.8, 4) is 0 Å². The van der Waals surface area contributed by atoms with E-state index in [9.17, 15) is 0 Å². The van der Waals surface area contributed by atoms with Gasteiger partial charge in [-0.3, -0.25) is 0 Å². The fourth-order valence-corrected chi connectivity index (χ4v) is 1.53. The zero-order valence-corrected chi connectivity index (χ0v) is 8.61. The number of hydrogen-bond donors (Lipinski definition) is 0. The van der Waals surface area contributed by atoms with Crippen molar-refractivity contribution in [3.05, 3.63) is 27.5 Å². The lowest BCUT2D eigenvalue weighted by atomic mass is 10.2. The number of halogens is 2. The molecule has 3 heteroatoms. The van der Waals surface area contributed by atoms with Crippen LogP contribution in [0.2, 0.25) is 5.15 Å². The smallest absolute Gasteiger partial charge is 0.143 e. The minimum atomic E-state index is 0.552. The minimum Gasteiger partial charge on any atom is -0.243 e. The van der Waals surface area contributed by atoms with Gasteiger partial charge in [-0.2, -0.15) is 0 Å². The number of rotatable bonds is 2. The van der Waals surface area contributed by atoms with E-state index in [0.717, 1.165) is 17.3 Å². The first kappa shape index (κ1) is 9.01. The lowest BCUT2D eigenvalue weighted by molar-refractivity contribution is 0.913. The van der Waals surface area contributed by atoms with Crippen LogP contribution in [-0.2, 0) is 6.42 Å². The molecule has 0 aliphatic carbocycles. The fourth-order valence-electron chi connectivity index (χ4n) is 0.917. The highest BCUT2D eigenvalue weighted by molar-refractivity contribution is 9.10. The Morgan fingerprint density at radius 2 is 2.36 bits per heavy atom. The Hall–Kier alpha value is -0.0800. The number of hydrogen-bond acceptors (Lipinski definition) is 1. The summed E-state index contributed by atoms with van der Waals surface area (Å²) >= 11 is 9.18. The van der Waals surface area contributed by atoms with Gasteiger partial charge >= 0.3 is 0 Å². The van der Waals surface area contributed by atoms with Crippen molar-refractivity contribution >= 4 is 27.5 Å². The second-order valence-electron chi connectivity index (χ2n) is 2.32. The van der Waals surface area contributed by atoms with Gasteiger partial charge in [-0.25, -0.2) is 4.98 Å². The molecular formula is C8H9BrClN. The molecular weight excluding hydrogens is 225 g/mol. The van der Waals surface area contributed by atoms with E-state index in [0.29, 0.717) is 5.15 Å². The molecule has 0 amide bonds. The van der Waals surface area contributed by atoms with Gasteiger partial charge in [0.05, 0.1) is 4.47 Å². The number of nitrogens with zero attached hydrogens (tertiary/aromatic N) is 1. The molecule has 60 valence electrons. The molecule has 1 aromatic heterocycles. The molecule has 1 heterocycles. The zero-order valence-electron chi connectivity index (χ0n) is 6.27. The van der Waals surface area contributed by atoms with Crippen molar-refractivity contribution < 1.29 is 0 Å². The Kier molecular flexibility index (Phi) is 3.34. The first-order valence-electron chi connectivity index (χ1n) is 3.54. The molecule has 1 rings (SSSR count). The maximum atomic E-state index is 5.79. The third kappa shape index (κ3) is 2.17. The van der Waals surface area contributed by atoms with Gasteiger partial charge in [-0.1, -0.05) is 24.9 Å². The normalized spacial score (nSPS) is 10.1. The van der Waals surface area contributed by atoms with Gasteiger partial charge < -0.3 is 0 Å². The molecule has 0 saturated heterocycles. The monoisotopic (exact) mass is 233 g/mol. The van der Waals surface area contributed by atoms with E-state index in [1.807, 2.05) is 6.07 Å². The van der Waals surface area contributed by atoms with E-state index in [1.54, 1.807) is 6.20 Å². The van der Waals surface area contributed by atoms with Crippen molar-refractivity contribution in [2.75, 3.05) is 0 Å². The molecule has 0 aromatic carbocycles. The molecule has 0 aliphatic heterocycles. The van der Waals surface area contributed by atoms with Crippen molar-refractivity contribution in [3.63, 3.8) is 0 Å². The van der Waals surface area contributed by atoms with Gasteiger partial charge in [0, 0.05) is 6.20 Å². The predicted octanol–water partition coefficient (Wildman–Crippen LogP) is 3.45. The summed E-state index contributed by atoms with van der Waals surface area (Å²) in [5.74, 6) is 0. The maximum absolute atomic E-state index is 5.79. The third-order valence-corrected chi connectivity index (χ3v) is 2.85. The van der Waals surface area contributed by atoms with Crippen LogP contribution in [0, 0.1) is 0 Å². The lowest BCUT2D eigenvalue weighted by Gasteiger charge is -2.01. The van der Waals surface area contributed by atoms with Gasteiger partial charge in [0.1, 0.15) is 5.15 Å². The van der Waals surface area contributed by atoms with Crippen LogP contribution in [0.3, 0.4) is 0 Å². The summed E-state index contributed by atoms with van der Waals surface area (Å²) in [6, 6.07) is 1.99. The van der Waals surface area contributed by atoms with E-state index >= 15 is 0 Å². The zero-order chi connectivity index (χ0) is 8.27. The van der Waals surface area contributed by atoms with Crippen LogP contribution >= 0.6 is 27.5 Å². The van der Waals surface area contributed by atoms with Crippen LogP contribution in [0.25, 0.3) is 0 Å². The van der Waals surface area contributed by atoms with Gasteiger partial charge in [-0.05, 0) is 34.0 Å². The SMILES string of the molecule is CCCc1ccnc(Cl)c1Br. The second kappa shape index (κ2) is 4.07. The van der Waals surface area contributed by atoms with Crippen LogP contribution in [0.1, 0.15) is 18.9 Å². The number of pyridine rings is 1. The highest BCUT2D eigenvalue weighted by Crippen LogP contribution is 2.24. The van der Waals surface area contributed by atoms with Gasteiger partial charge in [0.25, 0.3) is 0 Å². The van der Waals surface area contributed by atoms with Crippen LogP contribution in [-0.4, -0.2) is 4.98 Å². The molecule has 1 nitrogen and oxygen atoms in total. The average molecular weight is 235 g/mol. The second-order valence-corrected chi connectivity index (χ2v) is 3.48. The van der Waals surface area contributed by atoms with Crippen molar-refractivity contribution in [2.45, 2.75) is 19.8 Å². The lowest BCUT2D eigenvalue weighted by Crippen LogP contribution is -1.87. The third-order valence-electron chi connectivity index (χ3n) is 1.45. The maximum Gasteiger partial charge on any atom is 0.143 e. The van der Waals surface area contributed by atoms with Crippen molar-refractivity contribution in [2.24, 2.45) is 0 Å². The molecule has 11 heavy (non-hydrogen) atoms. The highest BCUT2D eigenvalue weighted by Gasteiger charge is 2.02. The molecule has 0 N–H and O–H groups in total. The first-order chi connectivity index (χ1) is 5.25. The quantitative estimate of drug-likeness (QED) is 0.714. The van der Waals surface area contributed by atoms with E-state index in [1.165, 1.54) is 5.56 Å². The molecule has 0 spiro atoms. The average Bonchev–Trinajstić information content (AvgIpc) is 1.99. The Balaban J connectivity index is 2.96. The first-order valence-corrected chi connectivity index (χ1v) is 4.71. The van der Waals surface area contributed by atoms with Crippen LogP contribution in [0.5, 0.6) is 0 Å².